The van der Waals surface area contributed by atoms with Crippen LogP contribution in [0.5, 0.6) is 0 Å². The molecule has 0 bridgehead atoms. The molecule has 1 amide bonds. The van der Waals surface area contributed by atoms with Crippen LogP contribution in [0.4, 0.5) is 0 Å². The normalized spacial score (nSPS) is 27.6. The van der Waals surface area contributed by atoms with E-state index in [1.54, 1.807) is 6.92 Å². The predicted octanol–water partition coefficient (Wildman–Crippen LogP) is 1.51. The van der Waals surface area contributed by atoms with Gasteiger partial charge in [0.25, 0.3) is 0 Å². The van der Waals surface area contributed by atoms with Crippen molar-refractivity contribution in [1.29, 1.82) is 0 Å². The van der Waals surface area contributed by atoms with Gasteiger partial charge in [-0.1, -0.05) is 20.8 Å². The molecule has 1 unspecified atom stereocenters. The predicted molar refractivity (Wildman–Crippen MR) is 92.6 cm³/mol. The number of piperazine rings is 2. The maximum absolute atomic E-state index is 11.5. The maximum atomic E-state index is 11.5. The number of hydrogen-bond donors (Lipinski definition) is 1. The molecule has 0 saturated carbocycles. The average molecular weight is 328 g/mol. The Balaban J connectivity index is 1.83. The largest absolute Gasteiger partial charge is 0.415 e. The van der Waals surface area contributed by atoms with Crippen LogP contribution in [0.2, 0.25) is 18.1 Å². The Labute approximate surface area is 136 Å². The smallest absolute Gasteiger partial charge is 0.219 e. The fourth-order valence-electron chi connectivity index (χ4n) is 2.90. The Kier molecular flexibility index (Phi) is 5.37. The summed E-state index contributed by atoms with van der Waals surface area (Å²) in [5, 5.41) is 3.88. The number of amides is 1. The molecule has 0 aromatic heterocycles. The quantitative estimate of drug-likeness (QED) is 0.798. The third-order valence-corrected chi connectivity index (χ3v) is 10.1. The van der Waals surface area contributed by atoms with E-state index in [4.69, 9.17) is 4.43 Å². The molecule has 0 spiro atoms. The highest BCUT2D eigenvalue weighted by atomic mass is 28.4. The first kappa shape index (κ1) is 17.9. The highest BCUT2D eigenvalue weighted by molar-refractivity contribution is 6.74. The molecule has 2 heterocycles. The minimum absolute atomic E-state index is 0.197. The molecular formula is C16H33N3O2Si. The van der Waals surface area contributed by atoms with Crippen LogP contribution in [0.15, 0.2) is 0 Å². The number of nitrogens with one attached hydrogen (secondary N) is 1. The van der Waals surface area contributed by atoms with Gasteiger partial charge in [0.1, 0.15) is 0 Å². The van der Waals surface area contributed by atoms with Crippen molar-refractivity contribution < 1.29 is 9.22 Å². The van der Waals surface area contributed by atoms with Crippen molar-refractivity contribution in [3.05, 3.63) is 0 Å². The zero-order chi connectivity index (χ0) is 16.5. The standard InChI is InChI=1S/C16H33N3O2Si/c1-13(20)18-7-8-19-10-14(17-9-15(19)11-18)12-21-22(5,6)16(2,3)4/h14-15,17H,7-12H2,1-6H3/t14-,15?/m0/s1. The van der Waals surface area contributed by atoms with Gasteiger partial charge < -0.3 is 14.6 Å². The minimum Gasteiger partial charge on any atom is -0.415 e. The van der Waals surface area contributed by atoms with Crippen molar-refractivity contribution in [3.8, 4) is 0 Å². The van der Waals surface area contributed by atoms with E-state index in [9.17, 15) is 4.79 Å². The Morgan fingerprint density at radius 1 is 1.27 bits per heavy atom. The van der Waals surface area contributed by atoms with Gasteiger partial charge in [-0.25, -0.2) is 0 Å². The Morgan fingerprint density at radius 2 is 1.95 bits per heavy atom. The third-order valence-electron chi connectivity index (χ3n) is 5.60. The van der Waals surface area contributed by atoms with Gasteiger partial charge in [0.2, 0.25) is 5.91 Å². The fraction of sp³-hybridized carbons (Fsp3) is 0.938. The average Bonchev–Trinajstić information content (AvgIpc) is 2.43. The van der Waals surface area contributed by atoms with Crippen molar-refractivity contribution in [1.82, 2.24) is 15.1 Å². The molecule has 128 valence electrons. The van der Waals surface area contributed by atoms with Crippen LogP contribution >= 0.6 is 0 Å². The Hall–Kier alpha value is -0.433. The number of fused-ring (bicyclic) bond motifs is 1. The molecule has 2 atom stereocenters. The van der Waals surface area contributed by atoms with Gasteiger partial charge in [-0.05, 0) is 18.1 Å². The summed E-state index contributed by atoms with van der Waals surface area (Å²) in [7, 11) is -1.67. The van der Waals surface area contributed by atoms with Crippen molar-refractivity contribution in [2.75, 3.05) is 39.3 Å². The summed E-state index contributed by atoms with van der Waals surface area (Å²) in [5.41, 5.74) is 0. The van der Waals surface area contributed by atoms with Crippen LogP contribution < -0.4 is 5.32 Å². The van der Waals surface area contributed by atoms with Crippen molar-refractivity contribution in [2.24, 2.45) is 0 Å². The molecule has 5 nitrogen and oxygen atoms in total. The molecule has 0 aliphatic carbocycles. The van der Waals surface area contributed by atoms with Crippen LogP contribution in [-0.4, -0.2) is 75.4 Å². The molecule has 2 rings (SSSR count). The summed E-state index contributed by atoms with van der Waals surface area (Å²) in [6, 6.07) is 0.871. The van der Waals surface area contributed by atoms with Crippen LogP contribution in [0.25, 0.3) is 0 Å². The van der Waals surface area contributed by atoms with Crippen molar-refractivity contribution in [2.45, 2.75) is 57.9 Å². The lowest BCUT2D eigenvalue weighted by atomic mass is 10.1. The highest BCUT2D eigenvalue weighted by Gasteiger charge is 2.39. The molecule has 1 N–H and O–H groups in total. The van der Waals surface area contributed by atoms with E-state index in [1.807, 2.05) is 4.90 Å². The summed E-state index contributed by atoms with van der Waals surface area (Å²) in [6.07, 6.45) is 0. The van der Waals surface area contributed by atoms with Gasteiger partial charge in [0.05, 0.1) is 6.61 Å². The minimum atomic E-state index is -1.67. The van der Waals surface area contributed by atoms with Crippen LogP contribution in [0.3, 0.4) is 0 Å². The van der Waals surface area contributed by atoms with Gasteiger partial charge in [-0.15, -0.1) is 0 Å². The zero-order valence-corrected chi connectivity index (χ0v) is 16.1. The van der Waals surface area contributed by atoms with E-state index in [-0.39, 0.29) is 10.9 Å². The topological polar surface area (TPSA) is 44.8 Å². The summed E-state index contributed by atoms with van der Waals surface area (Å²) >= 11 is 0. The number of carbonyl (C=O) groups is 1. The van der Waals surface area contributed by atoms with Gasteiger partial charge in [-0.2, -0.15) is 0 Å². The van der Waals surface area contributed by atoms with Gasteiger partial charge >= 0.3 is 0 Å². The molecule has 2 fully saturated rings. The van der Waals surface area contributed by atoms with Crippen molar-refractivity contribution >= 4 is 14.2 Å². The molecule has 0 aromatic rings. The van der Waals surface area contributed by atoms with E-state index in [2.05, 4.69) is 44.1 Å². The lowest BCUT2D eigenvalue weighted by Gasteiger charge is -2.47. The Morgan fingerprint density at radius 3 is 2.55 bits per heavy atom. The first-order valence-electron chi connectivity index (χ1n) is 8.47. The molecule has 2 saturated heterocycles. The molecular weight excluding hydrogens is 294 g/mol. The van der Waals surface area contributed by atoms with E-state index in [0.29, 0.717) is 12.1 Å². The maximum Gasteiger partial charge on any atom is 0.219 e. The SMILES string of the molecule is CC(=O)N1CCN2C[C@@H](CO[Si](C)(C)C(C)(C)C)NCC2C1. The van der Waals surface area contributed by atoms with Crippen LogP contribution in [0, 0.1) is 0 Å². The summed E-state index contributed by atoms with van der Waals surface area (Å²) in [4.78, 5) is 16.0. The zero-order valence-electron chi connectivity index (χ0n) is 15.1. The van der Waals surface area contributed by atoms with E-state index in [0.717, 1.165) is 39.3 Å². The van der Waals surface area contributed by atoms with Crippen molar-refractivity contribution in [3.63, 3.8) is 0 Å². The number of carbonyl (C=O) groups excluding carboxylic acids is 1. The van der Waals surface area contributed by atoms with Crippen LogP contribution in [0.1, 0.15) is 27.7 Å². The third kappa shape index (κ3) is 4.10. The second-order valence-electron chi connectivity index (χ2n) is 8.29. The lowest BCUT2D eigenvalue weighted by Crippen LogP contribution is -2.65. The highest BCUT2D eigenvalue weighted by Crippen LogP contribution is 2.36. The summed E-state index contributed by atoms with van der Waals surface area (Å²) in [6.45, 7) is 18.6. The second kappa shape index (κ2) is 6.59. The molecule has 0 radical (unpaired) electrons. The second-order valence-corrected chi connectivity index (χ2v) is 13.1. The number of nitrogens with zero attached hydrogens (tertiary/aromatic N) is 2. The molecule has 2 aliphatic heterocycles. The first-order chi connectivity index (χ1) is 10.1. The molecule has 22 heavy (non-hydrogen) atoms. The molecule has 2 aliphatic rings. The number of hydrogen-bond acceptors (Lipinski definition) is 4. The summed E-state index contributed by atoms with van der Waals surface area (Å²) < 4.78 is 6.36. The van der Waals surface area contributed by atoms with Gasteiger partial charge in [0, 0.05) is 51.7 Å². The fourth-order valence-corrected chi connectivity index (χ4v) is 3.95. The van der Waals surface area contributed by atoms with E-state index >= 15 is 0 Å². The summed E-state index contributed by atoms with van der Waals surface area (Å²) in [5.74, 6) is 0.197. The number of rotatable bonds is 3. The first-order valence-corrected chi connectivity index (χ1v) is 11.4. The molecule has 0 aromatic carbocycles. The van der Waals surface area contributed by atoms with Crippen LogP contribution in [-0.2, 0) is 9.22 Å². The monoisotopic (exact) mass is 327 g/mol. The van der Waals surface area contributed by atoms with Gasteiger partial charge in [0.15, 0.2) is 8.32 Å². The lowest BCUT2D eigenvalue weighted by molar-refractivity contribution is -0.132. The van der Waals surface area contributed by atoms with E-state index < -0.39 is 8.32 Å². The van der Waals surface area contributed by atoms with Gasteiger partial charge in [-0.3, -0.25) is 9.69 Å². The Bertz CT molecular complexity index is 409. The van der Waals surface area contributed by atoms with E-state index in [1.165, 1.54) is 0 Å². The molecule has 6 heteroatoms.